The van der Waals surface area contributed by atoms with Crippen molar-refractivity contribution in [2.24, 2.45) is 0 Å². The third-order valence-electron chi connectivity index (χ3n) is 4.27. The van der Waals surface area contributed by atoms with Gasteiger partial charge in [0.1, 0.15) is 11.4 Å². The fraction of sp³-hybridized carbons (Fsp3) is 0.409. The van der Waals surface area contributed by atoms with Crippen molar-refractivity contribution in [2.75, 3.05) is 11.9 Å². The molecule has 1 atom stereocenters. The minimum Gasteiger partial charge on any atom is -0.494 e. The highest BCUT2D eigenvalue weighted by Crippen LogP contribution is 2.21. The molecule has 8 nitrogen and oxygen atoms in total. The molecule has 1 aromatic heterocycles. The molecule has 0 spiro atoms. The summed E-state index contributed by atoms with van der Waals surface area (Å²) in [5.74, 6) is -1.03. The zero-order valence-electron chi connectivity index (χ0n) is 18.1. The Bertz CT molecular complexity index is 914. The summed E-state index contributed by atoms with van der Waals surface area (Å²) in [5.41, 5.74) is 1.88. The number of nitrogens with one attached hydrogen (secondary N) is 2. The number of anilines is 1. The van der Waals surface area contributed by atoms with Gasteiger partial charge >= 0.3 is 11.9 Å². The molecule has 0 aliphatic carbocycles. The first-order chi connectivity index (χ1) is 14.1. The van der Waals surface area contributed by atoms with E-state index < -0.39 is 23.9 Å². The maximum absolute atomic E-state index is 12.6. The minimum absolute atomic E-state index is 0.115. The summed E-state index contributed by atoms with van der Waals surface area (Å²) in [6, 6.07) is 6.86. The smallest absolute Gasteiger partial charge is 0.355 e. The molecule has 1 amide bonds. The molecule has 0 bridgehead atoms. The van der Waals surface area contributed by atoms with Crippen molar-refractivity contribution in [3.8, 4) is 5.75 Å². The topological polar surface area (TPSA) is 107 Å². The van der Waals surface area contributed by atoms with Gasteiger partial charge in [-0.15, -0.1) is 0 Å². The van der Waals surface area contributed by atoms with Gasteiger partial charge in [0.25, 0.3) is 5.91 Å². The van der Waals surface area contributed by atoms with Crippen LogP contribution >= 0.6 is 0 Å². The van der Waals surface area contributed by atoms with Gasteiger partial charge < -0.3 is 24.5 Å². The third kappa shape index (κ3) is 5.62. The number of H-pyrrole nitrogens is 1. The van der Waals surface area contributed by atoms with E-state index in [9.17, 15) is 14.4 Å². The van der Waals surface area contributed by atoms with Gasteiger partial charge in [0.15, 0.2) is 6.10 Å². The van der Waals surface area contributed by atoms with Crippen LogP contribution in [0.2, 0.25) is 0 Å². The highest BCUT2D eigenvalue weighted by Gasteiger charge is 2.27. The van der Waals surface area contributed by atoms with Crippen molar-refractivity contribution in [1.29, 1.82) is 0 Å². The Labute approximate surface area is 175 Å². The quantitative estimate of drug-likeness (QED) is 0.634. The summed E-state index contributed by atoms with van der Waals surface area (Å²) in [5, 5.41) is 2.68. The van der Waals surface area contributed by atoms with Gasteiger partial charge in [-0.25, -0.2) is 9.59 Å². The maximum atomic E-state index is 12.6. The largest absolute Gasteiger partial charge is 0.494 e. The summed E-state index contributed by atoms with van der Waals surface area (Å²) in [6.07, 6.45) is -1.33. The lowest BCUT2D eigenvalue weighted by atomic mass is 10.1. The van der Waals surface area contributed by atoms with Crippen LogP contribution in [0.4, 0.5) is 5.69 Å². The Morgan fingerprint density at radius 2 is 1.63 bits per heavy atom. The molecule has 1 unspecified atom stereocenters. The fourth-order valence-electron chi connectivity index (χ4n) is 2.85. The average Bonchev–Trinajstić information content (AvgIpc) is 2.97. The number of aromatic nitrogens is 1. The highest BCUT2D eigenvalue weighted by molar-refractivity contribution is 6.00. The molecule has 2 rings (SSSR count). The van der Waals surface area contributed by atoms with Crippen LogP contribution in [0.25, 0.3) is 0 Å². The van der Waals surface area contributed by atoms with Crippen LogP contribution in [-0.2, 0) is 14.3 Å². The molecule has 0 fully saturated rings. The lowest BCUT2D eigenvalue weighted by molar-refractivity contribution is -0.123. The Morgan fingerprint density at radius 3 is 2.20 bits per heavy atom. The van der Waals surface area contributed by atoms with E-state index in [2.05, 4.69) is 10.3 Å². The number of ether oxygens (including phenoxy) is 3. The number of aromatic amines is 1. The summed E-state index contributed by atoms with van der Waals surface area (Å²) in [7, 11) is 0. The normalized spacial score (nSPS) is 11.7. The van der Waals surface area contributed by atoms with E-state index in [1.165, 1.54) is 6.92 Å². The molecule has 1 heterocycles. The first kappa shape index (κ1) is 23.0. The molecule has 0 radical (unpaired) electrons. The van der Waals surface area contributed by atoms with Crippen LogP contribution in [-0.4, -0.2) is 41.6 Å². The summed E-state index contributed by atoms with van der Waals surface area (Å²) < 4.78 is 15.9. The predicted molar refractivity (Wildman–Crippen MR) is 112 cm³/mol. The molecule has 0 aliphatic rings. The predicted octanol–water partition coefficient (Wildman–Crippen LogP) is 3.78. The number of hydrogen-bond acceptors (Lipinski definition) is 6. The van der Waals surface area contributed by atoms with E-state index in [1.807, 2.05) is 6.92 Å². The van der Waals surface area contributed by atoms with Crippen molar-refractivity contribution < 1.29 is 28.6 Å². The Balaban J connectivity index is 2.04. The van der Waals surface area contributed by atoms with Crippen LogP contribution in [0.3, 0.4) is 0 Å². The second-order valence-corrected chi connectivity index (χ2v) is 7.07. The number of rotatable bonds is 8. The standard InChI is InChI=1S/C22H28N2O6/c1-7-28-17-10-8-16(9-11-17)24-20(25)15(6)30-22(27)19-13(4)18(14(5)23-19)21(26)29-12(2)3/h8-12,15,23H,7H2,1-6H3,(H,24,25). The van der Waals surface area contributed by atoms with Gasteiger partial charge in [0.05, 0.1) is 18.3 Å². The van der Waals surface area contributed by atoms with E-state index in [1.54, 1.807) is 52.0 Å². The monoisotopic (exact) mass is 416 g/mol. The van der Waals surface area contributed by atoms with E-state index in [0.29, 0.717) is 34.9 Å². The first-order valence-electron chi connectivity index (χ1n) is 9.78. The van der Waals surface area contributed by atoms with Crippen molar-refractivity contribution in [3.05, 3.63) is 46.8 Å². The van der Waals surface area contributed by atoms with Gasteiger partial charge in [0, 0.05) is 11.4 Å². The lowest BCUT2D eigenvalue weighted by Crippen LogP contribution is -2.30. The highest BCUT2D eigenvalue weighted by atomic mass is 16.6. The van der Waals surface area contributed by atoms with E-state index >= 15 is 0 Å². The van der Waals surface area contributed by atoms with Crippen molar-refractivity contribution in [2.45, 2.75) is 53.8 Å². The zero-order valence-corrected chi connectivity index (χ0v) is 18.1. The summed E-state index contributed by atoms with van der Waals surface area (Å²) in [6.45, 7) is 10.7. The van der Waals surface area contributed by atoms with Crippen molar-refractivity contribution in [3.63, 3.8) is 0 Å². The molecular formula is C22H28N2O6. The van der Waals surface area contributed by atoms with Crippen LogP contribution in [0, 0.1) is 13.8 Å². The molecule has 1 aromatic carbocycles. The van der Waals surface area contributed by atoms with Gasteiger partial charge in [0.2, 0.25) is 0 Å². The second-order valence-electron chi connectivity index (χ2n) is 7.07. The van der Waals surface area contributed by atoms with Gasteiger partial charge in [-0.3, -0.25) is 4.79 Å². The summed E-state index contributed by atoms with van der Waals surface area (Å²) >= 11 is 0. The number of amides is 1. The van der Waals surface area contributed by atoms with Crippen LogP contribution < -0.4 is 10.1 Å². The van der Waals surface area contributed by atoms with Crippen LogP contribution in [0.1, 0.15) is 59.8 Å². The van der Waals surface area contributed by atoms with Crippen molar-refractivity contribution in [1.82, 2.24) is 4.98 Å². The number of benzene rings is 1. The molecule has 2 N–H and O–H groups in total. The molecule has 8 heteroatoms. The molecule has 30 heavy (non-hydrogen) atoms. The number of hydrogen-bond donors (Lipinski definition) is 2. The lowest BCUT2D eigenvalue weighted by Gasteiger charge is -2.14. The van der Waals surface area contributed by atoms with Crippen molar-refractivity contribution >= 4 is 23.5 Å². The Kier molecular flexibility index (Phi) is 7.63. The first-order valence-corrected chi connectivity index (χ1v) is 9.78. The van der Waals surface area contributed by atoms with Crippen LogP contribution in [0.5, 0.6) is 5.75 Å². The van der Waals surface area contributed by atoms with Crippen LogP contribution in [0.15, 0.2) is 24.3 Å². The van der Waals surface area contributed by atoms with E-state index in [0.717, 1.165) is 0 Å². The average molecular weight is 416 g/mol. The zero-order chi connectivity index (χ0) is 22.4. The Hall–Kier alpha value is -3.29. The molecule has 0 saturated carbocycles. The van der Waals surface area contributed by atoms with Gasteiger partial charge in [-0.2, -0.15) is 0 Å². The van der Waals surface area contributed by atoms with Gasteiger partial charge in [-0.05, 0) is 71.4 Å². The fourth-order valence-corrected chi connectivity index (χ4v) is 2.85. The van der Waals surface area contributed by atoms with E-state index in [4.69, 9.17) is 14.2 Å². The maximum Gasteiger partial charge on any atom is 0.355 e. The molecule has 0 aliphatic heterocycles. The third-order valence-corrected chi connectivity index (χ3v) is 4.27. The number of carbonyl (C=O) groups is 3. The van der Waals surface area contributed by atoms with Gasteiger partial charge in [-0.1, -0.05) is 0 Å². The molecule has 2 aromatic rings. The SMILES string of the molecule is CCOc1ccc(NC(=O)C(C)OC(=O)c2[nH]c(C)c(C(=O)OC(C)C)c2C)cc1. The minimum atomic E-state index is -1.04. The van der Waals surface area contributed by atoms with E-state index in [-0.39, 0.29) is 11.8 Å². The summed E-state index contributed by atoms with van der Waals surface area (Å²) in [4.78, 5) is 40.1. The number of aryl methyl sites for hydroxylation is 1. The molecule has 162 valence electrons. The number of carbonyl (C=O) groups excluding carboxylic acids is 3. The molecular weight excluding hydrogens is 388 g/mol. The Morgan fingerprint density at radius 1 is 1.00 bits per heavy atom. The second kappa shape index (κ2) is 9.96. The molecule has 0 saturated heterocycles. The number of esters is 2.